The van der Waals surface area contributed by atoms with Crippen LogP contribution in [0.1, 0.15) is 33.6 Å². The summed E-state index contributed by atoms with van der Waals surface area (Å²) < 4.78 is 36.7. The molecule has 0 spiro atoms. The first-order valence-corrected chi connectivity index (χ1v) is 9.31. The summed E-state index contributed by atoms with van der Waals surface area (Å²) in [6.07, 6.45) is 2.11. The van der Waals surface area contributed by atoms with Crippen LogP contribution in [0, 0.1) is 0 Å². The molecule has 0 bridgehead atoms. The average Bonchev–Trinajstić information content (AvgIpc) is 2.35. The first-order chi connectivity index (χ1) is 9.13. The van der Waals surface area contributed by atoms with Gasteiger partial charge < -0.3 is 8.92 Å². The molecule has 116 valence electrons. The van der Waals surface area contributed by atoms with Gasteiger partial charge in [-0.25, -0.2) is 4.79 Å². The maximum Gasteiger partial charge on any atom is 0.414 e. The Bertz CT molecular complexity index is 410. The van der Waals surface area contributed by atoms with Crippen molar-refractivity contribution in [3.05, 3.63) is 12.0 Å². The smallest absolute Gasteiger partial charge is 0.414 e. The summed E-state index contributed by atoms with van der Waals surface area (Å²) in [5, 5.41) is 0. The molecule has 0 fully saturated rings. The monoisotopic (exact) mass is 421 g/mol. The number of amides is 1. The number of ether oxygens (including phenoxy) is 1. The number of hydrogen-bond acceptors (Lipinski definition) is 4. The number of nitrogens with zero attached hydrogens (tertiary/aromatic N) is 1. The third-order valence-electron chi connectivity index (χ3n) is 2.15. The summed E-state index contributed by atoms with van der Waals surface area (Å²) in [4.78, 5) is 13.2. The SMILES string of the molecule is C=IC(F)(F)SOC1=CN(C(=O)OC(C)(C)C)CCC1. The van der Waals surface area contributed by atoms with Crippen LogP contribution in [0.2, 0.25) is 0 Å². The number of hydrogen-bond donors (Lipinski definition) is 0. The van der Waals surface area contributed by atoms with Crippen molar-refractivity contribution in [3.63, 3.8) is 0 Å². The van der Waals surface area contributed by atoms with Crippen LogP contribution in [0.5, 0.6) is 0 Å². The van der Waals surface area contributed by atoms with Gasteiger partial charge >= 0.3 is 9.35 Å². The number of carbonyl (C=O) groups is 1. The van der Waals surface area contributed by atoms with Gasteiger partial charge in [0.05, 0.1) is 0 Å². The average molecular weight is 421 g/mol. The van der Waals surface area contributed by atoms with Crippen molar-refractivity contribution in [2.75, 3.05) is 6.54 Å². The number of allylic oxidation sites excluding steroid dienone is 1. The molecule has 0 unspecified atom stereocenters. The van der Waals surface area contributed by atoms with E-state index in [0.29, 0.717) is 25.1 Å². The van der Waals surface area contributed by atoms with E-state index < -0.39 is 35.7 Å². The van der Waals surface area contributed by atoms with Gasteiger partial charge in [-0.15, -0.1) is 0 Å². The van der Waals surface area contributed by atoms with Crippen molar-refractivity contribution in [1.82, 2.24) is 4.90 Å². The molecule has 0 saturated heterocycles. The largest absolute Gasteiger partial charge is 0.443 e. The van der Waals surface area contributed by atoms with Gasteiger partial charge in [-0.1, -0.05) is 4.51 Å². The third kappa shape index (κ3) is 6.38. The highest BCUT2D eigenvalue weighted by atomic mass is 127. The molecular formula is C12H18F2INO3S. The molecule has 0 aromatic rings. The Morgan fingerprint density at radius 2 is 2.15 bits per heavy atom. The third-order valence-corrected chi connectivity index (χ3v) is 4.79. The standard InChI is InChI=1S/C12H18F2INO3S/c1-11(2,3)18-10(17)16-7-5-6-9(8-16)19-20-12(13,14)15-4/h8H,4-7H2,1-3H3. The van der Waals surface area contributed by atoms with Crippen LogP contribution in [0.4, 0.5) is 13.6 Å². The van der Waals surface area contributed by atoms with Gasteiger partial charge in [-0.05, 0) is 47.9 Å². The molecule has 0 radical (unpaired) electrons. The Morgan fingerprint density at radius 3 is 2.70 bits per heavy atom. The molecule has 1 heterocycles. The van der Waals surface area contributed by atoms with E-state index in [4.69, 9.17) is 8.92 Å². The predicted octanol–water partition coefficient (Wildman–Crippen LogP) is 4.48. The molecule has 1 aliphatic heterocycles. The highest BCUT2D eigenvalue weighted by Gasteiger charge is 2.30. The zero-order valence-electron chi connectivity index (χ0n) is 11.6. The molecule has 0 aliphatic carbocycles. The molecule has 1 rings (SSSR count). The fraction of sp³-hybridized carbons (Fsp3) is 0.667. The molecule has 8 heteroatoms. The zero-order valence-corrected chi connectivity index (χ0v) is 14.6. The second kappa shape index (κ2) is 7.06. The second-order valence-corrected chi connectivity index (χ2v) is 8.81. The van der Waals surface area contributed by atoms with Gasteiger partial charge in [0.15, 0.2) is 0 Å². The van der Waals surface area contributed by atoms with E-state index in [1.807, 2.05) is 0 Å². The zero-order chi connectivity index (χ0) is 15.4. The van der Waals surface area contributed by atoms with Crippen LogP contribution in [-0.2, 0) is 8.92 Å². The van der Waals surface area contributed by atoms with Gasteiger partial charge in [0.2, 0.25) is 0 Å². The van der Waals surface area contributed by atoms with E-state index >= 15 is 0 Å². The lowest BCUT2D eigenvalue weighted by atomic mass is 10.2. The molecule has 20 heavy (non-hydrogen) atoms. The van der Waals surface area contributed by atoms with E-state index in [1.165, 1.54) is 11.1 Å². The molecule has 0 saturated carbocycles. The quantitative estimate of drug-likeness (QED) is 0.381. The Balaban J connectivity index is 2.61. The molecule has 0 N–H and O–H groups in total. The van der Waals surface area contributed by atoms with Gasteiger partial charge in [0, 0.05) is 19.2 Å². The van der Waals surface area contributed by atoms with E-state index in [-0.39, 0.29) is 12.0 Å². The van der Waals surface area contributed by atoms with Crippen LogP contribution in [0.3, 0.4) is 0 Å². The lowest BCUT2D eigenvalue weighted by Gasteiger charge is -2.28. The Kier molecular flexibility index (Phi) is 6.24. The second-order valence-electron chi connectivity index (χ2n) is 5.12. The van der Waals surface area contributed by atoms with E-state index in [9.17, 15) is 13.6 Å². The van der Waals surface area contributed by atoms with Crippen LogP contribution in [0.15, 0.2) is 12.0 Å². The number of carbonyl (C=O) groups excluding carboxylic acids is 1. The maximum atomic E-state index is 13.1. The van der Waals surface area contributed by atoms with E-state index in [1.54, 1.807) is 20.8 Å². The summed E-state index contributed by atoms with van der Waals surface area (Å²) in [7, 11) is 0. The number of alkyl halides is 3. The Hall–Kier alpha value is -0.380. The minimum Gasteiger partial charge on any atom is -0.443 e. The van der Waals surface area contributed by atoms with Crippen molar-refractivity contribution < 1.29 is 22.5 Å². The molecule has 1 amide bonds. The van der Waals surface area contributed by atoms with Gasteiger partial charge in [0.1, 0.15) is 23.4 Å². The molecule has 0 aromatic carbocycles. The fourth-order valence-electron chi connectivity index (χ4n) is 1.38. The van der Waals surface area contributed by atoms with Crippen LogP contribution >= 0.6 is 32.8 Å². The van der Waals surface area contributed by atoms with Crippen molar-refractivity contribution in [2.45, 2.75) is 42.5 Å². The summed E-state index contributed by atoms with van der Waals surface area (Å²) in [5.74, 6) is 0.351. The van der Waals surface area contributed by atoms with Crippen LogP contribution in [-0.4, -0.2) is 30.9 Å². The van der Waals surface area contributed by atoms with Crippen molar-refractivity contribution >= 4 is 43.4 Å². The molecule has 0 atom stereocenters. The molecular weight excluding hydrogens is 403 g/mol. The first-order valence-electron chi connectivity index (χ1n) is 5.96. The molecule has 0 aromatic heterocycles. The summed E-state index contributed by atoms with van der Waals surface area (Å²) >= 11 is -1.37. The fourth-order valence-corrected chi connectivity index (χ4v) is 2.40. The minimum absolute atomic E-state index is 0.118. The summed E-state index contributed by atoms with van der Waals surface area (Å²) in [6.45, 7) is 5.80. The highest BCUT2D eigenvalue weighted by molar-refractivity contribution is 14.2. The Labute approximate surface area is 131 Å². The first kappa shape index (κ1) is 17.7. The maximum absolute atomic E-state index is 13.1. The number of halogens is 3. The van der Waals surface area contributed by atoms with E-state index in [0.717, 1.165) is 0 Å². The van der Waals surface area contributed by atoms with Crippen molar-refractivity contribution in [3.8, 4) is 0 Å². The lowest BCUT2D eigenvalue weighted by Crippen LogP contribution is -2.35. The van der Waals surface area contributed by atoms with Crippen LogP contribution in [0.25, 0.3) is 0 Å². The topological polar surface area (TPSA) is 38.8 Å². The van der Waals surface area contributed by atoms with Crippen molar-refractivity contribution in [2.24, 2.45) is 0 Å². The lowest BCUT2D eigenvalue weighted by molar-refractivity contribution is 0.0316. The molecule has 4 nitrogen and oxygen atoms in total. The summed E-state index contributed by atoms with van der Waals surface area (Å²) in [5.41, 5.74) is -0.594. The van der Waals surface area contributed by atoms with Gasteiger partial charge in [0.25, 0.3) is 0 Å². The highest BCUT2D eigenvalue weighted by Crippen LogP contribution is 2.41. The normalized spacial score (nSPS) is 16.6. The minimum atomic E-state index is -2.92. The number of rotatable bonds is 4. The van der Waals surface area contributed by atoms with Gasteiger partial charge in [-0.3, -0.25) is 4.90 Å². The Morgan fingerprint density at radius 1 is 1.50 bits per heavy atom. The van der Waals surface area contributed by atoms with Crippen molar-refractivity contribution in [1.29, 1.82) is 0 Å². The van der Waals surface area contributed by atoms with E-state index in [2.05, 4.69) is 4.51 Å². The molecule has 1 aliphatic rings. The van der Waals surface area contributed by atoms with Crippen LogP contribution < -0.4 is 0 Å². The predicted molar refractivity (Wildman–Crippen MR) is 85.0 cm³/mol. The summed E-state index contributed by atoms with van der Waals surface area (Å²) in [6, 6.07) is 0. The van der Waals surface area contributed by atoms with Gasteiger partial charge in [-0.2, -0.15) is 8.78 Å².